The molecule has 4 aromatic rings. The van der Waals surface area contributed by atoms with Crippen LogP contribution < -0.4 is 5.32 Å². The van der Waals surface area contributed by atoms with E-state index in [1.165, 1.54) is 5.56 Å². The van der Waals surface area contributed by atoms with Crippen LogP contribution in [-0.2, 0) is 11.2 Å². The molecule has 7 nitrogen and oxygen atoms in total. The number of aromatic nitrogens is 3. The summed E-state index contributed by atoms with van der Waals surface area (Å²) in [5, 5.41) is 2.89. The second kappa shape index (κ2) is 10.8. The van der Waals surface area contributed by atoms with Crippen molar-refractivity contribution in [2.75, 3.05) is 18.4 Å². The molecule has 2 aromatic carbocycles. The number of hydrogen-bond acceptors (Lipinski definition) is 4. The Morgan fingerprint density at radius 3 is 2.65 bits per heavy atom. The number of nitrogens with zero attached hydrogens (tertiary/aromatic N) is 4. The molecule has 37 heavy (non-hydrogen) atoms. The Morgan fingerprint density at radius 2 is 1.89 bits per heavy atom. The van der Waals surface area contributed by atoms with Gasteiger partial charge in [0.15, 0.2) is 0 Å². The van der Waals surface area contributed by atoms with Gasteiger partial charge in [-0.15, -0.1) is 0 Å². The number of anilines is 1. The highest BCUT2D eigenvalue weighted by atomic mass is 79.9. The van der Waals surface area contributed by atoms with Gasteiger partial charge < -0.3 is 10.2 Å². The number of nitrogens with one attached hydrogen (secondary N) is 1. The average Bonchev–Trinajstić information content (AvgIpc) is 3.39. The minimum atomic E-state index is -0.321. The lowest BCUT2D eigenvalue weighted by Crippen LogP contribution is -2.38. The molecule has 0 saturated carbocycles. The number of fused-ring (bicyclic) bond motifs is 1. The Morgan fingerprint density at radius 1 is 1.14 bits per heavy atom. The zero-order valence-corrected chi connectivity index (χ0v) is 22.0. The smallest absolute Gasteiger partial charge is 0.272 e. The Labute approximate surface area is 222 Å². The first kappa shape index (κ1) is 25.1. The third-order valence-corrected chi connectivity index (χ3v) is 7.50. The number of likely N-dealkylation sites (tertiary alicyclic amines) is 1. The van der Waals surface area contributed by atoms with Gasteiger partial charge in [0.1, 0.15) is 11.5 Å². The lowest BCUT2D eigenvalue weighted by molar-refractivity contribution is -0.116. The van der Waals surface area contributed by atoms with E-state index >= 15 is 0 Å². The summed E-state index contributed by atoms with van der Waals surface area (Å²) in [5.41, 5.74) is 3.77. The number of carbonyl (C=O) groups is 2. The molecular weight excluding hydrogens is 537 g/mol. The summed E-state index contributed by atoms with van der Waals surface area (Å²) in [6.07, 6.45) is 5.76. The average molecular weight is 564 g/mol. The third kappa shape index (κ3) is 5.56. The van der Waals surface area contributed by atoms with Gasteiger partial charge in [-0.3, -0.25) is 14.0 Å². The van der Waals surface area contributed by atoms with Crippen LogP contribution in [0.2, 0.25) is 0 Å². The van der Waals surface area contributed by atoms with Gasteiger partial charge in [-0.05, 0) is 83.4 Å². The molecule has 0 radical (unpaired) electrons. The molecule has 190 valence electrons. The summed E-state index contributed by atoms with van der Waals surface area (Å²) in [6, 6.07) is 14.8. The van der Waals surface area contributed by atoms with Gasteiger partial charge in [0.05, 0.1) is 4.47 Å². The first-order valence-corrected chi connectivity index (χ1v) is 13.1. The van der Waals surface area contributed by atoms with E-state index in [1.54, 1.807) is 24.4 Å². The van der Waals surface area contributed by atoms with Crippen molar-refractivity contribution in [3.8, 4) is 0 Å². The maximum absolute atomic E-state index is 14.1. The van der Waals surface area contributed by atoms with Crippen LogP contribution in [0.5, 0.6) is 0 Å². The van der Waals surface area contributed by atoms with Crippen molar-refractivity contribution in [1.82, 2.24) is 19.3 Å². The third-order valence-electron chi connectivity index (χ3n) is 6.89. The van der Waals surface area contributed by atoms with E-state index in [0.717, 1.165) is 18.5 Å². The number of halogens is 2. The van der Waals surface area contributed by atoms with Crippen molar-refractivity contribution in [3.05, 3.63) is 93.7 Å². The van der Waals surface area contributed by atoms with Crippen molar-refractivity contribution in [2.45, 2.75) is 38.5 Å². The summed E-state index contributed by atoms with van der Waals surface area (Å²) in [5.74, 6) is 0.338. The summed E-state index contributed by atoms with van der Waals surface area (Å²) >= 11 is 3.18. The fourth-order valence-electron chi connectivity index (χ4n) is 4.80. The fourth-order valence-corrected chi connectivity index (χ4v) is 5.21. The first-order valence-electron chi connectivity index (χ1n) is 12.3. The summed E-state index contributed by atoms with van der Waals surface area (Å²) < 4.78 is 16.4. The van der Waals surface area contributed by atoms with Crippen LogP contribution in [0.15, 0.2) is 65.4 Å². The quantitative estimate of drug-likeness (QED) is 0.334. The van der Waals surface area contributed by atoms with E-state index in [9.17, 15) is 14.0 Å². The zero-order chi connectivity index (χ0) is 25.9. The minimum absolute atomic E-state index is 0.0622. The molecule has 0 unspecified atom stereocenters. The number of hydrogen-bond donors (Lipinski definition) is 1. The lowest BCUT2D eigenvalue weighted by Gasteiger charge is -2.32. The first-order chi connectivity index (χ1) is 17.9. The molecule has 0 spiro atoms. The van der Waals surface area contributed by atoms with Crippen molar-refractivity contribution in [2.24, 2.45) is 0 Å². The largest absolute Gasteiger partial charge is 0.337 e. The molecule has 1 aliphatic heterocycles. The van der Waals surface area contributed by atoms with E-state index < -0.39 is 0 Å². The number of carbonyl (C=O) groups excluding carboxylic acids is 2. The number of rotatable bonds is 6. The number of piperidine rings is 1. The van der Waals surface area contributed by atoms with Crippen LogP contribution in [0, 0.1) is 12.7 Å². The second-order valence-corrected chi connectivity index (χ2v) is 10.2. The van der Waals surface area contributed by atoms with Crippen molar-refractivity contribution in [1.29, 1.82) is 0 Å². The van der Waals surface area contributed by atoms with Gasteiger partial charge in [-0.1, -0.05) is 24.3 Å². The van der Waals surface area contributed by atoms with Gasteiger partial charge >= 0.3 is 0 Å². The highest BCUT2D eigenvalue weighted by Gasteiger charge is 2.26. The molecule has 0 aliphatic carbocycles. The van der Waals surface area contributed by atoms with Crippen LogP contribution in [0.4, 0.5) is 10.1 Å². The van der Waals surface area contributed by atoms with E-state index in [1.807, 2.05) is 52.8 Å². The van der Waals surface area contributed by atoms with Gasteiger partial charge in [0.25, 0.3) is 5.91 Å². The van der Waals surface area contributed by atoms with Crippen molar-refractivity contribution < 1.29 is 14.0 Å². The number of imidazole rings is 1. The second-order valence-electron chi connectivity index (χ2n) is 9.33. The van der Waals surface area contributed by atoms with Crippen LogP contribution >= 0.6 is 15.9 Å². The van der Waals surface area contributed by atoms with Gasteiger partial charge in [-0.2, -0.15) is 0 Å². The van der Waals surface area contributed by atoms with E-state index in [2.05, 4.69) is 31.2 Å². The Kier molecular flexibility index (Phi) is 7.32. The van der Waals surface area contributed by atoms with Crippen molar-refractivity contribution in [3.63, 3.8) is 0 Å². The molecule has 5 rings (SSSR count). The zero-order valence-electron chi connectivity index (χ0n) is 20.5. The molecule has 2 amide bonds. The Hall–Kier alpha value is -3.59. The molecule has 3 heterocycles. The minimum Gasteiger partial charge on any atom is -0.337 e. The van der Waals surface area contributed by atoms with Gasteiger partial charge in [0.2, 0.25) is 11.7 Å². The molecule has 1 N–H and O–H groups in total. The predicted molar refractivity (Wildman–Crippen MR) is 143 cm³/mol. The summed E-state index contributed by atoms with van der Waals surface area (Å²) in [4.78, 5) is 35.9. The molecule has 0 bridgehead atoms. The predicted octanol–water partition coefficient (Wildman–Crippen LogP) is 5.53. The number of aryl methyl sites for hydroxylation is 2. The molecule has 2 aromatic heterocycles. The molecule has 1 saturated heterocycles. The van der Waals surface area contributed by atoms with E-state index in [0.29, 0.717) is 52.6 Å². The Balaban J connectivity index is 1.13. The molecular formula is C28H27BrFN5O2. The van der Waals surface area contributed by atoms with Crippen LogP contribution in [-0.4, -0.2) is 44.2 Å². The van der Waals surface area contributed by atoms with E-state index in [-0.39, 0.29) is 24.1 Å². The maximum atomic E-state index is 14.1. The fraction of sp³-hybridized carbons (Fsp3) is 0.286. The summed E-state index contributed by atoms with van der Waals surface area (Å²) in [7, 11) is 0. The summed E-state index contributed by atoms with van der Waals surface area (Å²) in [6.45, 7) is 3.26. The van der Waals surface area contributed by atoms with Crippen LogP contribution in [0.1, 0.15) is 52.5 Å². The van der Waals surface area contributed by atoms with Crippen molar-refractivity contribution >= 4 is 39.2 Å². The SMILES string of the molecule is Cc1cc(C(=O)N2CCC(c3ccc(NC(=O)CCc4cccc(Br)c4F)cc3)CC2)nc2nccn12. The monoisotopic (exact) mass is 563 g/mol. The standard InChI is InChI=1S/C28H27BrFN5O2/c1-18-17-24(33-28-31-13-16-35(18)28)27(37)34-14-11-20(12-15-34)19-5-8-22(9-6-19)32-25(36)10-7-21-3-2-4-23(29)26(21)30/h2-6,8-9,13,16-17,20H,7,10-12,14-15H2,1H3,(H,32,36). The maximum Gasteiger partial charge on any atom is 0.272 e. The number of amides is 2. The number of benzene rings is 2. The topological polar surface area (TPSA) is 79.6 Å². The molecule has 9 heteroatoms. The van der Waals surface area contributed by atoms with Gasteiger partial charge in [-0.25, -0.2) is 14.4 Å². The molecule has 1 fully saturated rings. The molecule has 1 aliphatic rings. The van der Waals surface area contributed by atoms with Crippen LogP contribution in [0.25, 0.3) is 5.78 Å². The highest BCUT2D eigenvalue weighted by molar-refractivity contribution is 9.10. The highest BCUT2D eigenvalue weighted by Crippen LogP contribution is 2.29. The van der Waals surface area contributed by atoms with E-state index in [4.69, 9.17) is 0 Å². The lowest BCUT2D eigenvalue weighted by atomic mass is 9.89. The normalized spacial score (nSPS) is 14.2. The van der Waals surface area contributed by atoms with Crippen LogP contribution in [0.3, 0.4) is 0 Å². The van der Waals surface area contributed by atoms with Gasteiger partial charge in [0, 0.05) is 43.3 Å². The molecule has 0 atom stereocenters. The Bertz CT molecular complexity index is 1440.